The summed E-state index contributed by atoms with van der Waals surface area (Å²) < 4.78 is 0. The zero-order chi connectivity index (χ0) is 13.5. The van der Waals surface area contributed by atoms with Gasteiger partial charge in [0.1, 0.15) is 0 Å². The first-order valence-electron chi connectivity index (χ1n) is 6.11. The third-order valence-corrected chi connectivity index (χ3v) is 3.11. The highest BCUT2D eigenvalue weighted by molar-refractivity contribution is 5.81. The molecule has 0 saturated carbocycles. The van der Waals surface area contributed by atoms with E-state index in [1.165, 1.54) is 0 Å². The minimum absolute atomic E-state index is 0.0124. The summed E-state index contributed by atoms with van der Waals surface area (Å²) in [6, 6.07) is -0.183. The first kappa shape index (κ1) is 14.7. The maximum atomic E-state index is 11.8. The van der Waals surface area contributed by atoms with Crippen LogP contribution in [0, 0.1) is 0 Å². The highest BCUT2D eigenvalue weighted by atomic mass is 16.4. The number of carbonyl (C=O) groups excluding carboxylic acids is 1. The minimum atomic E-state index is -0.805. The van der Waals surface area contributed by atoms with Gasteiger partial charge in [-0.3, -0.25) is 19.4 Å². The Morgan fingerprint density at radius 3 is 2.50 bits per heavy atom. The molecule has 102 valence electrons. The van der Waals surface area contributed by atoms with E-state index in [0.29, 0.717) is 19.6 Å². The smallest absolute Gasteiger partial charge is 0.317 e. The molecule has 0 bridgehead atoms. The van der Waals surface area contributed by atoms with Crippen LogP contribution in [0.25, 0.3) is 0 Å². The Morgan fingerprint density at radius 2 is 2.00 bits per heavy atom. The van der Waals surface area contributed by atoms with E-state index in [9.17, 15) is 9.59 Å². The van der Waals surface area contributed by atoms with Crippen LogP contribution in [0.4, 0.5) is 0 Å². The summed E-state index contributed by atoms with van der Waals surface area (Å²) in [6.45, 7) is 8.77. The molecule has 1 saturated heterocycles. The normalized spacial score (nSPS) is 19.2. The molecule has 6 nitrogen and oxygen atoms in total. The maximum Gasteiger partial charge on any atom is 0.317 e. The Kier molecular flexibility index (Phi) is 5.80. The molecular weight excluding hydrogens is 234 g/mol. The zero-order valence-electron chi connectivity index (χ0n) is 10.8. The van der Waals surface area contributed by atoms with Crippen molar-refractivity contribution in [1.29, 1.82) is 0 Å². The quantitative estimate of drug-likeness (QED) is 0.619. The second-order valence-corrected chi connectivity index (χ2v) is 4.42. The summed E-state index contributed by atoms with van der Waals surface area (Å²) in [5.41, 5.74) is 0. The van der Waals surface area contributed by atoms with E-state index in [2.05, 4.69) is 16.8 Å². The fourth-order valence-corrected chi connectivity index (χ4v) is 1.99. The molecule has 0 aliphatic carbocycles. The topological polar surface area (TPSA) is 72.9 Å². The van der Waals surface area contributed by atoms with Crippen LogP contribution in [0.3, 0.4) is 0 Å². The van der Waals surface area contributed by atoms with Crippen LogP contribution in [-0.4, -0.2) is 72.1 Å². The predicted molar refractivity (Wildman–Crippen MR) is 68.3 cm³/mol. The van der Waals surface area contributed by atoms with Crippen LogP contribution < -0.4 is 5.32 Å². The van der Waals surface area contributed by atoms with Gasteiger partial charge in [-0.1, -0.05) is 6.08 Å². The Balaban J connectivity index is 2.35. The van der Waals surface area contributed by atoms with Crippen LogP contribution in [0.2, 0.25) is 0 Å². The van der Waals surface area contributed by atoms with Gasteiger partial charge in [0.15, 0.2) is 0 Å². The van der Waals surface area contributed by atoms with Crippen LogP contribution in [0.5, 0.6) is 0 Å². The number of hydrogen-bond acceptors (Lipinski definition) is 4. The fraction of sp³-hybridized carbons (Fsp3) is 0.667. The lowest BCUT2D eigenvalue weighted by Crippen LogP contribution is -2.54. The second-order valence-electron chi connectivity index (χ2n) is 4.42. The summed E-state index contributed by atoms with van der Waals surface area (Å²) in [6.07, 6.45) is 1.65. The Hall–Kier alpha value is -1.40. The standard InChI is InChI=1S/C12H21N3O3/c1-3-4-13-12(18)10(2)15-7-5-14(6-8-15)9-11(16)17/h3,10H,1,4-9H2,2H3,(H,13,18)(H,16,17). The van der Waals surface area contributed by atoms with E-state index in [0.717, 1.165) is 13.1 Å². The van der Waals surface area contributed by atoms with Crippen molar-refractivity contribution < 1.29 is 14.7 Å². The third-order valence-electron chi connectivity index (χ3n) is 3.11. The molecular formula is C12H21N3O3. The number of rotatable bonds is 6. The molecule has 0 aromatic rings. The van der Waals surface area contributed by atoms with Crippen LogP contribution >= 0.6 is 0 Å². The van der Waals surface area contributed by atoms with Gasteiger partial charge in [0.05, 0.1) is 12.6 Å². The molecule has 1 aliphatic heterocycles. The Morgan fingerprint density at radius 1 is 1.39 bits per heavy atom. The Labute approximate surface area is 107 Å². The van der Waals surface area contributed by atoms with Crippen molar-refractivity contribution in [1.82, 2.24) is 15.1 Å². The van der Waals surface area contributed by atoms with Gasteiger partial charge in [-0.05, 0) is 6.92 Å². The van der Waals surface area contributed by atoms with Gasteiger partial charge in [-0.15, -0.1) is 6.58 Å². The summed E-state index contributed by atoms with van der Waals surface area (Å²) in [4.78, 5) is 26.3. The van der Waals surface area contributed by atoms with Crippen molar-refractivity contribution in [2.75, 3.05) is 39.3 Å². The molecule has 0 spiro atoms. The summed E-state index contributed by atoms with van der Waals surface area (Å²) in [7, 11) is 0. The van der Waals surface area contributed by atoms with Crippen molar-refractivity contribution in [3.8, 4) is 0 Å². The highest BCUT2D eigenvalue weighted by Gasteiger charge is 2.25. The van der Waals surface area contributed by atoms with Crippen LogP contribution in [0.1, 0.15) is 6.92 Å². The van der Waals surface area contributed by atoms with Gasteiger partial charge < -0.3 is 10.4 Å². The van der Waals surface area contributed by atoms with Crippen molar-refractivity contribution in [3.05, 3.63) is 12.7 Å². The number of amides is 1. The lowest BCUT2D eigenvalue weighted by atomic mass is 10.2. The van der Waals surface area contributed by atoms with Gasteiger partial charge in [0, 0.05) is 32.7 Å². The number of aliphatic carboxylic acids is 1. The number of carboxylic acid groups (broad SMARTS) is 1. The van der Waals surface area contributed by atoms with Crippen molar-refractivity contribution >= 4 is 11.9 Å². The molecule has 1 unspecified atom stereocenters. The number of nitrogens with one attached hydrogen (secondary N) is 1. The molecule has 1 atom stereocenters. The first-order valence-corrected chi connectivity index (χ1v) is 6.11. The number of nitrogens with zero attached hydrogens (tertiary/aromatic N) is 2. The molecule has 0 aromatic carbocycles. The first-order chi connectivity index (χ1) is 8.54. The van der Waals surface area contributed by atoms with E-state index in [-0.39, 0.29) is 18.5 Å². The van der Waals surface area contributed by atoms with Crippen molar-refractivity contribution in [2.45, 2.75) is 13.0 Å². The highest BCUT2D eigenvalue weighted by Crippen LogP contribution is 2.06. The fourth-order valence-electron chi connectivity index (χ4n) is 1.99. The van der Waals surface area contributed by atoms with Gasteiger partial charge in [0.25, 0.3) is 0 Å². The number of piperazine rings is 1. The molecule has 1 aliphatic rings. The van der Waals surface area contributed by atoms with E-state index in [1.54, 1.807) is 6.08 Å². The number of carbonyl (C=O) groups is 2. The monoisotopic (exact) mass is 255 g/mol. The molecule has 1 rings (SSSR count). The van der Waals surface area contributed by atoms with Gasteiger partial charge in [0.2, 0.25) is 5.91 Å². The van der Waals surface area contributed by atoms with Gasteiger partial charge >= 0.3 is 5.97 Å². The van der Waals surface area contributed by atoms with Crippen LogP contribution in [0.15, 0.2) is 12.7 Å². The summed E-state index contributed by atoms with van der Waals surface area (Å²) >= 11 is 0. The van der Waals surface area contributed by atoms with Gasteiger partial charge in [-0.2, -0.15) is 0 Å². The molecule has 1 amide bonds. The molecule has 1 fully saturated rings. The zero-order valence-corrected chi connectivity index (χ0v) is 10.8. The van der Waals surface area contributed by atoms with Crippen molar-refractivity contribution in [2.24, 2.45) is 0 Å². The molecule has 6 heteroatoms. The lowest BCUT2D eigenvalue weighted by molar-refractivity contribution is -0.139. The second kappa shape index (κ2) is 7.13. The van der Waals surface area contributed by atoms with E-state index in [1.807, 2.05) is 11.8 Å². The number of hydrogen-bond donors (Lipinski definition) is 2. The molecule has 1 heterocycles. The van der Waals surface area contributed by atoms with E-state index in [4.69, 9.17) is 5.11 Å². The van der Waals surface area contributed by atoms with Gasteiger partial charge in [-0.25, -0.2) is 0 Å². The average Bonchev–Trinajstić information content (AvgIpc) is 2.35. The third kappa shape index (κ3) is 4.46. The largest absolute Gasteiger partial charge is 0.480 e. The maximum absolute atomic E-state index is 11.8. The SMILES string of the molecule is C=CCNC(=O)C(C)N1CCN(CC(=O)O)CC1. The molecule has 18 heavy (non-hydrogen) atoms. The molecule has 2 N–H and O–H groups in total. The number of carboxylic acids is 1. The predicted octanol–water partition coefficient (Wildman–Crippen LogP) is -0.621. The summed E-state index contributed by atoms with van der Waals surface area (Å²) in [5.74, 6) is -0.818. The van der Waals surface area contributed by atoms with E-state index >= 15 is 0 Å². The average molecular weight is 255 g/mol. The summed E-state index contributed by atoms with van der Waals surface area (Å²) in [5, 5.41) is 11.5. The minimum Gasteiger partial charge on any atom is -0.480 e. The lowest BCUT2D eigenvalue weighted by Gasteiger charge is -2.36. The Bertz CT molecular complexity index is 312. The molecule has 0 aromatic heterocycles. The molecule has 0 radical (unpaired) electrons. The van der Waals surface area contributed by atoms with Crippen LogP contribution in [-0.2, 0) is 9.59 Å². The van der Waals surface area contributed by atoms with Crippen molar-refractivity contribution in [3.63, 3.8) is 0 Å². The van der Waals surface area contributed by atoms with E-state index < -0.39 is 5.97 Å².